The molecule has 1 nitrogen and oxygen atoms in total. The predicted molar refractivity (Wildman–Crippen MR) is 84.0 cm³/mol. The second kappa shape index (κ2) is 13.4. The summed E-state index contributed by atoms with van der Waals surface area (Å²) < 4.78 is 1.11. The van der Waals surface area contributed by atoms with Gasteiger partial charge in [0.1, 0.15) is 0 Å². The van der Waals surface area contributed by atoms with Gasteiger partial charge in [-0.25, -0.2) is 0 Å². The maximum atomic E-state index is 2.38. The molecule has 0 amide bonds. The van der Waals surface area contributed by atoms with Gasteiger partial charge >= 0.3 is 0 Å². The van der Waals surface area contributed by atoms with E-state index >= 15 is 0 Å². The third kappa shape index (κ3) is 14.7. The monoisotopic (exact) mass is 335 g/mol. The van der Waals surface area contributed by atoms with Gasteiger partial charge < -0.3 is 21.5 Å². The SMILES string of the molecule is CCCCCCCCCCCCC(C)[N+](C)(C)C.[Br-]. The summed E-state index contributed by atoms with van der Waals surface area (Å²) in [6.07, 6.45) is 15.8. The second-order valence-corrected chi connectivity index (χ2v) is 6.94. The predicted octanol–water partition coefficient (Wildman–Crippen LogP) is 2.40. The molecule has 0 spiro atoms. The Bertz CT molecular complexity index is 175. The van der Waals surface area contributed by atoms with Crippen LogP contribution in [0.4, 0.5) is 0 Å². The summed E-state index contributed by atoms with van der Waals surface area (Å²) in [5.74, 6) is 0. The summed E-state index contributed by atoms with van der Waals surface area (Å²) in [5, 5.41) is 0. The molecular weight excluding hydrogens is 298 g/mol. The first-order chi connectivity index (χ1) is 8.48. The average molecular weight is 336 g/mol. The average Bonchev–Trinajstić information content (AvgIpc) is 2.30. The molecule has 0 aromatic heterocycles. The molecule has 118 valence electrons. The number of quaternary nitrogens is 1. The van der Waals surface area contributed by atoms with Crippen molar-refractivity contribution in [1.29, 1.82) is 0 Å². The highest BCUT2D eigenvalue weighted by atomic mass is 79.9. The Morgan fingerprint density at radius 3 is 1.42 bits per heavy atom. The smallest absolute Gasteiger partial charge is 0.0855 e. The van der Waals surface area contributed by atoms with Gasteiger partial charge in [-0.3, -0.25) is 0 Å². The molecule has 1 atom stereocenters. The molecule has 2 heteroatoms. The van der Waals surface area contributed by atoms with Crippen molar-refractivity contribution >= 4 is 0 Å². The van der Waals surface area contributed by atoms with Gasteiger partial charge in [0.25, 0.3) is 0 Å². The van der Waals surface area contributed by atoms with Crippen molar-refractivity contribution in [3.8, 4) is 0 Å². The quantitative estimate of drug-likeness (QED) is 0.379. The van der Waals surface area contributed by atoms with Crippen molar-refractivity contribution in [1.82, 2.24) is 0 Å². The standard InChI is InChI=1S/C17H38N.BrH/c1-6-7-8-9-10-11-12-13-14-15-16-17(2)18(3,4)5;/h17H,6-16H2,1-5H3;1H/q+1;/p-1. The van der Waals surface area contributed by atoms with Gasteiger partial charge in [0.05, 0.1) is 27.2 Å². The van der Waals surface area contributed by atoms with Gasteiger partial charge in [0.15, 0.2) is 0 Å². The van der Waals surface area contributed by atoms with Crippen LogP contribution in [-0.2, 0) is 0 Å². The van der Waals surface area contributed by atoms with Crippen LogP contribution < -0.4 is 17.0 Å². The van der Waals surface area contributed by atoms with Crippen molar-refractivity contribution in [2.75, 3.05) is 21.1 Å². The topological polar surface area (TPSA) is 0 Å². The van der Waals surface area contributed by atoms with Gasteiger partial charge in [0, 0.05) is 0 Å². The van der Waals surface area contributed by atoms with Crippen molar-refractivity contribution in [2.24, 2.45) is 0 Å². The summed E-state index contributed by atoms with van der Waals surface area (Å²) in [7, 11) is 6.92. The Labute approximate surface area is 133 Å². The molecule has 0 aromatic rings. The highest BCUT2D eigenvalue weighted by molar-refractivity contribution is 4.52. The summed E-state index contributed by atoms with van der Waals surface area (Å²) in [6.45, 7) is 4.67. The molecule has 0 saturated heterocycles. The molecule has 0 N–H and O–H groups in total. The molecule has 0 aliphatic heterocycles. The van der Waals surface area contributed by atoms with E-state index in [0.29, 0.717) is 0 Å². The molecule has 0 aliphatic carbocycles. The van der Waals surface area contributed by atoms with E-state index in [1.54, 1.807) is 0 Å². The van der Waals surface area contributed by atoms with Crippen LogP contribution in [-0.4, -0.2) is 31.7 Å². The fourth-order valence-corrected chi connectivity index (χ4v) is 2.31. The Morgan fingerprint density at radius 2 is 1.05 bits per heavy atom. The van der Waals surface area contributed by atoms with E-state index in [1.807, 2.05) is 0 Å². The van der Waals surface area contributed by atoms with Crippen molar-refractivity contribution in [3.63, 3.8) is 0 Å². The molecule has 1 unspecified atom stereocenters. The highest BCUT2D eigenvalue weighted by Crippen LogP contribution is 2.14. The first-order valence-corrected chi connectivity index (χ1v) is 8.29. The number of nitrogens with zero attached hydrogens (tertiary/aromatic N) is 1. The molecule has 0 aliphatic rings. The van der Waals surface area contributed by atoms with E-state index in [9.17, 15) is 0 Å². The van der Waals surface area contributed by atoms with Crippen LogP contribution in [0.2, 0.25) is 0 Å². The van der Waals surface area contributed by atoms with E-state index in [1.165, 1.54) is 70.6 Å². The lowest BCUT2D eigenvalue weighted by atomic mass is 10.0. The summed E-state index contributed by atoms with van der Waals surface area (Å²) in [6, 6.07) is 0.805. The van der Waals surface area contributed by atoms with E-state index in [2.05, 4.69) is 35.0 Å². The highest BCUT2D eigenvalue weighted by Gasteiger charge is 2.16. The van der Waals surface area contributed by atoms with Gasteiger partial charge in [-0.15, -0.1) is 0 Å². The molecule has 0 aromatic carbocycles. The molecule has 19 heavy (non-hydrogen) atoms. The molecule has 0 radical (unpaired) electrons. The van der Waals surface area contributed by atoms with Gasteiger partial charge in [0.2, 0.25) is 0 Å². The van der Waals surface area contributed by atoms with Crippen molar-refractivity contribution in [3.05, 3.63) is 0 Å². The summed E-state index contributed by atoms with van der Waals surface area (Å²) >= 11 is 0. The Hall–Kier alpha value is 0.440. The first kappa shape index (κ1) is 21.7. The molecular formula is C17H38BrN. The van der Waals surface area contributed by atoms with Crippen LogP contribution in [0.15, 0.2) is 0 Å². The third-order valence-electron chi connectivity index (χ3n) is 4.30. The van der Waals surface area contributed by atoms with Crippen LogP contribution >= 0.6 is 0 Å². The van der Waals surface area contributed by atoms with E-state index < -0.39 is 0 Å². The Kier molecular flexibility index (Phi) is 15.4. The maximum absolute atomic E-state index is 2.38. The van der Waals surface area contributed by atoms with Crippen LogP contribution in [0.1, 0.15) is 84.5 Å². The number of halogens is 1. The zero-order valence-electron chi connectivity index (χ0n) is 14.2. The zero-order chi connectivity index (χ0) is 13.9. The Balaban J connectivity index is 0. The minimum atomic E-state index is 0. The van der Waals surface area contributed by atoms with E-state index in [0.717, 1.165) is 10.5 Å². The minimum absolute atomic E-state index is 0. The fraction of sp³-hybridized carbons (Fsp3) is 1.00. The number of hydrogen-bond donors (Lipinski definition) is 0. The first-order valence-electron chi connectivity index (χ1n) is 8.29. The lowest BCUT2D eigenvalue weighted by Gasteiger charge is -2.31. The Morgan fingerprint density at radius 1 is 0.684 bits per heavy atom. The molecule has 0 bridgehead atoms. The molecule has 0 fully saturated rings. The zero-order valence-corrected chi connectivity index (χ0v) is 15.8. The summed E-state index contributed by atoms with van der Waals surface area (Å²) in [4.78, 5) is 0. The summed E-state index contributed by atoms with van der Waals surface area (Å²) in [5.41, 5.74) is 0. The van der Waals surface area contributed by atoms with Gasteiger partial charge in [-0.2, -0.15) is 0 Å². The maximum Gasteiger partial charge on any atom is 0.0855 e. The van der Waals surface area contributed by atoms with Gasteiger partial charge in [-0.1, -0.05) is 64.7 Å². The van der Waals surface area contributed by atoms with Gasteiger partial charge in [-0.05, 0) is 19.8 Å². The largest absolute Gasteiger partial charge is 1.00 e. The van der Waals surface area contributed by atoms with Crippen molar-refractivity contribution in [2.45, 2.75) is 90.5 Å². The van der Waals surface area contributed by atoms with Crippen LogP contribution in [0.3, 0.4) is 0 Å². The number of rotatable bonds is 12. The molecule has 0 heterocycles. The van der Waals surface area contributed by atoms with E-state index in [4.69, 9.17) is 0 Å². The lowest BCUT2D eigenvalue weighted by molar-refractivity contribution is -0.894. The van der Waals surface area contributed by atoms with Crippen molar-refractivity contribution < 1.29 is 21.5 Å². The van der Waals surface area contributed by atoms with Crippen LogP contribution in [0, 0.1) is 0 Å². The van der Waals surface area contributed by atoms with E-state index in [-0.39, 0.29) is 17.0 Å². The van der Waals surface area contributed by atoms with Crippen LogP contribution in [0.25, 0.3) is 0 Å². The fourth-order valence-electron chi connectivity index (χ4n) is 2.31. The normalized spacial score (nSPS) is 13.1. The molecule has 0 rings (SSSR count). The van der Waals surface area contributed by atoms with Crippen LogP contribution in [0.5, 0.6) is 0 Å². The number of unbranched alkanes of at least 4 members (excludes halogenated alkanes) is 9. The number of hydrogen-bond acceptors (Lipinski definition) is 0. The second-order valence-electron chi connectivity index (χ2n) is 6.94. The molecule has 0 saturated carbocycles. The third-order valence-corrected chi connectivity index (χ3v) is 4.30. The minimum Gasteiger partial charge on any atom is -1.00 e. The lowest BCUT2D eigenvalue weighted by Crippen LogP contribution is -3.00.